The summed E-state index contributed by atoms with van der Waals surface area (Å²) >= 11 is -4.28. The molecular weight excluding hydrogens is 252 g/mol. The summed E-state index contributed by atoms with van der Waals surface area (Å²) in [5.41, 5.74) is 0.783. The van der Waals surface area contributed by atoms with Crippen molar-refractivity contribution in [1.82, 2.24) is 0 Å². The summed E-state index contributed by atoms with van der Waals surface area (Å²) in [6, 6.07) is 0. The first-order chi connectivity index (χ1) is 7.70. The second kappa shape index (κ2) is 5.62. The predicted molar refractivity (Wildman–Crippen MR) is 47.9 cm³/mol. The van der Waals surface area contributed by atoms with E-state index in [1.54, 1.807) is 19.1 Å². The molecule has 0 aromatic carbocycles. The van der Waals surface area contributed by atoms with Crippen molar-refractivity contribution in [3.8, 4) is 0 Å². The molecule has 0 saturated heterocycles. The minimum atomic E-state index is -4.28. The van der Waals surface area contributed by atoms with E-state index < -0.39 is 17.8 Å². The Bertz CT molecular complexity index is 332. The van der Waals surface area contributed by atoms with E-state index in [-0.39, 0.29) is 19.4 Å². The van der Waals surface area contributed by atoms with Crippen molar-refractivity contribution < 1.29 is 42.1 Å². The van der Waals surface area contributed by atoms with Gasteiger partial charge in [0.25, 0.3) is 0 Å². The Balaban J connectivity index is 3.09. The van der Waals surface area contributed by atoms with Crippen LogP contribution in [0.1, 0.15) is 13.3 Å². The normalized spacial score (nSPS) is 14.6. The summed E-state index contributed by atoms with van der Waals surface area (Å²) in [6.45, 7) is 2.15. The molecule has 0 bridgehead atoms. The number of hydrogen-bond acceptors (Lipinski definition) is 6. The topological polar surface area (TPSA) is 78.9 Å². The van der Waals surface area contributed by atoms with Crippen LogP contribution in [0.15, 0.2) is 21.6 Å². The first-order valence-corrected chi connectivity index (χ1v) is 7.10. The third-order valence-corrected chi connectivity index (χ3v) is 6.14. The molecule has 0 unspecified atom stereocenters. The Hall–Kier alpha value is -1.40. The van der Waals surface area contributed by atoms with Crippen molar-refractivity contribution in [3.63, 3.8) is 0 Å². The fraction of sp³-hybridized carbons (Fsp3) is 0.222. The maximum absolute atomic E-state index is 10.4. The summed E-state index contributed by atoms with van der Waals surface area (Å²) in [4.78, 5) is 31.3. The Morgan fingerprint density at radius 1 is 1.12 bits per heavy atom. The number of hydrogen-bond donors (Lipinski definition) is 0. The summed E-state index contributed by atoms with van der Waals surface area (Å²) in [5.74, 6) is 0. The molecule has 6 nitrogen and oxygen atoms in total. The van der Waals surface area contributed by atoms with Crippen LogP contribution in [0.4, 0.5) is 0 Å². The summed E-state index contributed by atoms with van der Waals surface area (Å²) in [7, 11) is 0. The third kappa shape index (κ3) is 2.40. The molecule has 0 N–H and O–H groups in total. The standard InChI is InChI=1S/C6H7.3CH2O2.Ti/c1-6-4-2-3-5-6;3*2-1-3;/h2,4H,3H2,1H3;3*1H,(H,2,3);/q;;;;+3/p-3. The van der Waals surface area contributed by atoms with Crippen molar-refractivity contribution in [3.05, 3.63) is 21.6 Å². The molecule has 0 aromatic heterocycles. The van der Waals surface area contributed by atoms with Crippen LogP contribution in [0.3, 0.4) is 0 Å². The molecule has 0 saturated carbocycles. The van der Waals surface area contributed by atoms with Crippen molar-refractivity contribution in [2.24, 2.45) is 0 Å². The van der Waals surface area contributed by atoms with Crippen LogP contribution in [-0.4, -0.2) is 19.4 Å². The van der Waals surface area contributed by atoms with Gasteiger partial charge in [0.2, 0.25) is 0 Å². The number of allylic oxidation sites excluding steroid dienone is 4. The van der Waals surface area contributed by atoms with Crippen molar-refractivity contribution in [2.45, 2.75) is 13.3 Å². The average molecular weight is 262 g/mol. The van der Waals surface area contributed by atoms with Gasteiger partial charge in [-0.1, -0.05) is 0 Å². The van der Waals surface area contributed by atoms with Crippen molar-refractivity contribution >= 4 is 19.4 Å². The summed E-state index contributed by atoms with van der Waals surface area (Å²) in [6.07, 6.45) is 4.04. The third-order valence-electron chi connectivity index (χ3n) is 2.15. The van der Waals surface area contributed by atoms with E-state index in [0.29, 0.717) is 10.3 Å². The fourth-order valence-electron chi connectivity index (χ4n) is 1.47. The molecule has 0 aliphatic heterocycles. The molecule has 0 radical (unpaired) electrons. The van der Waals surface area contributed by atoms with E-state index in [0.717, 1.165) is 5.57 Å². The van der Waals surface area contributed by atoms with Crippen LogP contribution in [0.2, 0.25) is 0 Å². The molecule has 0 amide bonds. The van der Waals surface area contributed by atoms with Crippen LogP contribution in [-0.2, 0) is 42.1 Å². The van der Waals surface area contributed by atoms with E-state index in [1.807, 2.05) is 0 Å². The SMILES string of the molecule is CC1=[C]([Ti]([O]C=O)([O]C=O)[O]C=O)CC=C1. The van der Waals surface area contributed by atoms with Crippen LogP contribution in [0.5, 0.6) is 0 Å². The predicted octanol–water partition coefficient (Wildman–Crippen LogP) is 0.638. The monoisotopic (exact) mass is 262 g/mol. The molecule has 0 fully saturated rings. The Kier molecular flexibility index (Phi) is 4.45. The zero-order valence-electron chi connectivity index (χ0n) is 8.54. The molecule has 0 aromatic rings. The van der Waals surface area contributed by atoms with E-state index >= 15 is 0 Å². The van der Waals surface area contributed by atoms with Crippen LogP contribution >= 0.6 is 0 Å². The van der Waals surface area contributed by atoms with Gasteiger partial charge in [0.1, 0.15) is 0 Å². The van der Waals surface area contributed by atoms with E-state index in [9.17, 15) is 14.4 Å². The summed E-state index contributed by atoms with van der Waals surface area (Å²) in [5, 5.41) is 0. The molecule has 0 heterocycles. The van der Waals surface area contributed by atoms with E-state index in [1.165, 1.54) is 0 Å². The van der Waals surface area contributed by atoms with E-state index in [4.69, 9.17) is 9.96 Å². The number of carbonyl (C=O) groups excluding carboxylic acids is 3. The zero-order chi connectivity index (χ0) is 12.0. The second-order valence-corrected chi connectivity index (χ2v) is 6.75. The van der Waals surface area contributed by atoms with Gasteiger partial charge >= 0.3 is 96.5 Å². The van der Waals surface area contributed by atoms with E-state index in [2.05, 4.69) is 0 Å². The second-order valence-electron chi connectivity index (χ2n) is 2.97. The quantitative estimate of drug-likeness (QED) is 0.494. The number of carbonyl (C=O) groups is 3. The Labute approximate surface area is 96.6 Å². The van der Waals surface area contributed by atoms with Gasteiger partial charge in [-0.05, 0) is 0 Å². The molecule has 1 rings (SSSR count). The van der Waals surface area contributed by atoms with Gasteiger partial charge in [0, 0.05) is 0 Å². The Morgan fingerprint density at radius 3 is 1.94 bits per heavy atom. The molecule has 1 aliphatic carbocycles. The molecule has 7 heteroatoms. The first-order valence-electron chi connectivity index (χ1n) is 4.41. The van der Waals surface area contributed by atoms with Gasteiger partial charge in [0.15, 0.2) is 0 Å². The van der Waals surface area contributed by atoms with Gasteiger partial charge in [-0.3, -0.25) is 0 Å². The van der Waals surface area contributed by atoms with Crippen LogP contribution in [0.25, 0.3) is 0 Å². The zero-order valence-corrected chi connectivity index (χ0v) is 10.1. The van der Waals surface area contributed by atoms with Gasteiger partial charge in [-0.25, -0.2) is 0 Å². The van der Waals surface area contributed by atoms with Gasteiger partial charge < -0.3 is 0 Å². The van der Waals surface area contributed by atoms with Gasteiger partial charge in [-0.15, -0.1) is 0 Å². The molecule has 16 heavy (non-hydrogen) atoms. The van der Waals surface area contributed by atoms with Crippen molar-refractivity contribution in [1.29, 1.82) is 0 Å². The maximum atomic E-state index is 10.4. The summed E-state index contributed by atoms with van der Waals surface area (Å²) < 4.78 is 14.9. The fourth-order valence-corrected chi connectivity index (χ4v) is 4.45. The van der Waals surface area contributed by atoms with Gasteiger partial charge in [-0.2, -0.15) is 0 Å². The van der Waals surface area contributed by atoms with Gasteiger partial charge in [0.05, 0.1) is 0 Å². The molecule has 0 atom stereocenters. The van der Waals surface area contributed by atoms with Crippen LogP contribution < -0.4 is 0 Å². The Morgan fingerprint density at radius 2 is 1.62 bits per heavy atom. The average Bonchev–Trinajstić information content (AvgIpc) is 2.66. The molecule has 1 aliphatic rings. The van der Waals surface area contributed by atoms with Crippen LogP contribution in [0, 0.1) is 0 Å². The van der Waals surface area contributed by atoms with Crippen molar-refractivity contribution in [2.75, 3.05) is 0 Å². The first kappa shape index (κ1) is 12.7. The molecular formula is C9H10O6Ti. The molecule has 86 valence electrons. The number of rotatable bonds is 7. The minimum absolute atomic E-state index is 0.131. The molecule has 0 spiro atoms.